The zero-order chi connectivity index (χ0) is 9.54. The maximum atomic E-state index is 4.33. The highest BCUT2D eigenvalue weighted by Gasteiger charge is 2.26. The predicted molar refractivity (Wildman–Crippen MR) is 53.1 cm³/mol. The Balaban J connectivity index is 2.25. The minimum Gasteiger partial charge on any atom is -0.371 e. The summed E-state index contributed by atoms with van der Waals surface area (Å²) in [4.78, 5) is 12.7. The molecule has 0 bridgehead atoms. The lowest BCUT2D eigenvalue weighted by molar-refractivity contribution is 0.756. The molecule has 2 aromatic heterocycles. The van der Waals surface area contributed by atoms with Crippen LogP contribution in [0.5, 0.6) is 0 Å². The Morgan fingerprint density at radius 2 is 2.21 bits per heavy atom. The molecule has 0 aromatic carbocycles. The molecule has 1 aliphatic rings. The number of nitrogens with zero attached hydrogens (tertiary/aromatic N) is 4. The summed E-state index contributed by atoms with van der Waals surface area (Å²) in [7, 11) is 1.85. The molecule has 0 amide bonds. The molecule has 72 valence electrons. The number of imidazole rings is 1. The van der Waals surface area contributed by atoms with Crippen molar-refractivity contribution in [1.29, 1.82) is 0 Å². The van der Waals surface area contributed by atoms with Crippen molar-refractivity contribution in [1.82, 2.24) is 19.5 Å². The van der Waals surface area contributed by atoms with Gasteiger partial charge in [0.15, 0.2) is 11.5 Å². The van der Waals surface area contributed by atoms with Crippen LogP contribution in [-0.4, -0.2) is 26.6 Å². The van der Waals surface area contributed by atoms with E-state index in [2.05, 4.69) is 24.8 Å². The van der Waals surface area contributed by atoms with Gasteiger partial charge in [-0.3, -0.25) is 0 Å². The molecule has 0 saturated heterocycles. The van der Waals surface area contributed by atoms with E-state index in [4.69, 9.17) is 0 Å². The summed E-state index contributed by atoms with van der Waals surface area (Å²) in [6.07, 6.45) is 5.92. The van der Waals surface area contributed by atoms with Gasteiger partial charge in [0.2, 0.25) is 0 Å². The van der Waals surface area contributed by atoms with Crippen molar-refractivity contribution in [2.24, 2.45) is 0 Å². The Hall–Kier alpha value is -1.65. The van der Waals surface area contributed by atoms with Crippen LogP contribution >= 0.6 is 0 Å². The van der Waals surface area contributed by atoms with Crippen LogP contribution in [0.4, 0.5) is 5.82 Å². The number of hydrogen-bond donors (Lipinski definition) is 1. The highest BCUT2D eigenvalue weighted by Crippen LogP contribution is 2.36. The zero-order valence-corrected chi connectivity index (χ0v) is 7.94. The summed E-state index contributed by atoms with van der Waals surface area (Å²) in [6.45, 7) is 0. The summed E-state index contributed by atoms with van der Waals surface area (Å²) in [5.74, 6) is 0.800. The third-order valence-electron chi connectivity index (χ3n) is 2.54. The van der Waals surface area contributed by atoms with Crippen molar-refractivity contribution in [3.8, 4) is 0 Å². The topological polar surface area (TPSA) is 55.6 Å². The molecule has 1 N–H and O–H groups in total. The van der Waals surface area contributed by atoms with Gasteiger partial charge in [-0.25, -0.2) is 15.0 Å². The number of rotatable bonds is 2. The fourth-order valence-corrected chi connectivity index (χ4v) is 1.65. The molecule has 0 aliphatic heterocycles. The average Bonchev–Trinajstić information content (AvgIpc) is 2.97. The lowest BCUT2D eigenvalue weighted by atomic mass is 10.5. The molecule has 1 aliphatic carbocycles. The molecule has 1 fully saturated rings. The van der Waals surface area contributed by atoms with Gasteiger partial charge in [-0.1, -0.05) is 0 Å². The highest BCUT2D eigenvalue weighted by molar-refractivity contribution is 5.82. The monoisotopic (exact) mass is 189 g/mol. The van der Waals surface area contributed by atoms with Crippen molar-refractivity contribution in [3.05, 3.63) is 12.7 Å². The Morgan fingerprint density at radius 1 is 1.36 bits per heavy atom. The number of aromatic nitrogens is 4. The Bertz CT molecular complexity index is 471. The van der Waals surface area contributed by atoms with Crippen LogP contribution in [0.3, 0.4) is 0 Å². The Kier molecular flexibility index (Phi) is 1.47. The first-order chi connectivity index (χ1) is 6.90. The van der Waals surface area contributed by atoms with Crippen molar-refractivity contribution >= 4 is 17.0 Å². The predicted octanol–water partition coefficient (Wildman–Crippen LogP) is 1.20. The summed E-state index contributed by atoms with van der Waals surface area (Å²) in [5.41, 5.74) is 1.80. The highest BCUT2D eigenvalue weighted by atomic mass is 15.2. The van der Waals surface area contributed by atoms with Gasteiger partial charge in [0.05, 0.1) is 6.33 Å². The molecule has 1 saturated carbocycles. The molecule has 0 atom stereocenters. The number of fused-ring (bicyclic) bond motifs is 1. The third kappa shape index (κ3) is 0.982. The van der Waals surface area contributed by atoms with Crippen LogP contribution in [0, 0.1) is 0 Å². The maximum Gasteiger partial charge on any atom is 0.165 e. The Labute approximate surface area is 81.2 Å². The Morgan fingerprint density at radius 3 is 2.93 bits per heavy atom. The standard InChI is InChI=1S/C9H11N5/c1-10-8-7-9(12-4-11-8)14(5-13-7)6-2-3-6/h4-6H,2-3H2,1H3,(H,10,11,12). The smallest absolute Gasteiger partial charge is 0.165 e. The molecule has 14 heavy (non-hydrogen) atoms. The fraction of sp³-hybridized carbons (Fsp3) is 0.444. The van der Waals surface area contributed by atoms with Crippen LogP contribution in [0.1, 0.15) is 18.9 Å². The quantitative estimate of drug-likeness (QED) is 0.771. The van der Waals surface area contributed by atoms with Crippen LogP contribution in [-0.2, 0) is 0 Å². The first-order valence-electron chi connectivity index (χ1n) is 4.75. The number of hydrogen-bond acceptors (Lipinski definition) is 4. The van der Waals surface area contributed by atoms with Gasteiger partial charge in [0.1, 0.15) is 11.8 Å². The van der Waals surface area contributed by atoms with Gasteiger partial charge in [-0.05, 0) is 12.8 Å². The first kappa shape index (κ1) is 7.73. The van der Waals surface area contributed by atoms with E-state index in [1.807, 2.05) is 13.4 Å². The summed E-state index contributed by atoms with van der Waals surface area (Å²) >= 11 is 0. The lowest BCUT2D eigenvalue weighted by Gasteiger charge is -2.01. The average molecular weight is 189 g/mol. The summed E-state index contributed by atoms with van der Waals surface area (Å²) < 4.78 is 2.14. The van der Waals surface area contributed by atoms with E-state index in [1.54, 1.807) is 6.33 Å². The third-order valence-corrected chi connectivity index (χ3v) is 2.54. The molecule has 5 heteroatoms. The van der Waals surface area contributed by atoms with Crippen LogP contribution in [0.15, 0.2) is 12.7 Å². The minimum absolute atomic E-state index is 0.611. The van der Waals surface area contributed by atoms with Crippen molar-refractivity contribution in [2.45, 2.75) is 18.9 Å². The largest absolute Gasteiger partial charge is 0.371 e. The van der Waals surface area contributed by atoms with Gasteiger partial charge in [-0.15, -0.1) is 0 Å². The number of nitrogens with one attached hydrogen (secondary N) is 1. The van der Waals surface area contributed by atoms with E-state index in [0.717, 1.165) is 17.0 Å². The van der Waals surface area contributed by atoms with Gasteiger partial charge < -0.3 is 9.88 Å². The molecule has 0 unspecified atom stereocenters. The first-order valence-corrected chi connectivity index (χ1v) is 4.75. The molecule has 0 radical (unpaired) electrons. The van der Waals surface area contributed by atoms with E-state index in [-0.39, 0.29) is 0 Å². The zero-order valence-electron chi connectivity index (χ0n) is 7.94. The molecular weight excluding hydrogens is 178 g/mol. The molecule has 3 rings (SSSR count). The van der Waals surface area contributed by atoms with Crippen LogP contribution in [0.2, 0.25) is 0 Å². The molecule has 5 nitrogen and oxygen atoms in total. The molecular formula is C9H11N5. The van der Waals surface area contributed by atoms with E-state index in [1.165, 1.54) is 12.8 Å². The molecule has 0 spiro atoms. The van der Waals surface area contributed by atoms with E-state index >= 15 is 0 Å². The van der Waals surface area contributed by atoms with Gasteiger partial charge in [0.25, 0.3) is 0 Å². The summed E-state index contributed by atoms with van der Waals surface area (Å²) in [5, 5.41) is 3.02. The fourth-order valence-electron chi connectivity index (χ4n) is 1.65. The maximum absolute atomic E-state index is 4.33. The van der Waals surface area contributed by atoms with Crippen molar-refractivity contribution in [2.75, 3.05) is 12.4 Å². The van der Waals surface area contributed by atoms with E-state index in [9.17, 15) is 0 Å². The van der Waals surface area contributed by atoms with E-state index in [0.29, 0.717) is 6.04 Å². The number of anilines is 1. The van der Waals surface area contributed by atoms with Crippen molar-refractivity contribution < 1.29 is 0 Å². The van der Waals surface area contributed by atoms with Gasteiger partial charge >= 0.3 is 0 Å². The lowest BCUT2D eigenvalue weighted by Crippen LogP contribution is -1.97. The normalized spacial score (nSPS) is 16.1. The van der Waals surface area contributed by atoms with Crippen LogP contribution in [0.25, 0.3) is 11.2 Å². The van der Waals surface area contributed by atoms with Gasteiger partial charge in [-0.2, -0.15) is 0 Å². The van der Waals surface area contributed by atoms with Crippen LogP contribution < -0.4 is 5.32 Å². The minimum atomic E-state index is 0.611. The molecule has 2 aromatic rings. The molecule has 2 heterocycles. The van der Waals surface area contributed by atoms with Crippen molar-refractivity contribution in [3.63, 3.8) is 0 Å². The summed E-state index contributed by atoms with van der Waals surface area (Å²) in [6, 6.07) is 0.611. The van der Waals surface area contributed by atoms with E-state index < -0.39 is 0 Å². The second kappa shape index (κ2) is 2.67. The SMILES string of the molecule is CNc1ncnc2c1ncn2C1CC1. The van der Waals surface area contributed by atoms with Gasteiger partial charge in [0, 0.05) is 13.1 Å². The second-order valence-electron chi connectivity index (χ2n) is 3.53. The second-order valence-corrected chi connectivity index (χ2v) is 3.53.